The molecule has 0 aliphatic carbocycles. The summed E-state index contributed by atoms with van der Waals surface area (Å²) in [5.74, 6) is 0.792. The molecular weight excluding hydrogens is 400 g/mol. The molecule has 1 N–H and O–H groups in total. The molecule has 0 saturated carbocycles. The van der Waals surface area contributed by atoms with E-state index in [1.807, 2.05) is 39.5 Å². The zero-order valence-corrected chi connectivity index (χ0v) is 17.3. The van der Waals surface area contributed by atoms with E-state index in [4.69, 9.17) is 5.10 Å². The Bertz CT molecular complexity index is 1580. The van der Waals surface area contributed by atoms with Crippen LogP contribution in [0, 0.1) is 0 Å². The van der Waals surface area contributed by atoms with E-state index >= 15 is 0 Å². The molecule has 0 atom stereocenters. The van der Waals surface area contributed by atoms with Crippen molar-refractivity contribution in [3.8, 4) is 11.3 Å². The quantitative estimate of drug-likeness (QED) is 0.458. The van der Waals surface area contributed by atoms with E-state index in [9.17, 15) is 5.11 Å². The molecule has 2 aromatic carbocycles. The van der Waals surface area contributed by atoms with Crippen LogP contribution < -0.4 is 0 Å². The molecule has 6 rings (SSSR count). The SMILES string of the molecule is OCCn1ccc2cc(-c3ccc4nnc(Cc5ccc6ncccc6c5)n4n3)ccc21. The molecule has 7 nitrogen and oxygen atoms in total. The Morgan fingerprint density at radius 3 is 2.78 bits per heavy atom. The summed E-state index contributed by atoms with van der Waals surface area (Å²) in [7, 11) is 0. The van der Waals surface area contributed by atoms with E-state index in [1.54, 1.807) is 6.20 Å². The molecule has 0 aliphatic heterocycles. The van der Waals surface area contributed by atoms with E-state index in [0.717, 1.165) is 50.1 Å². The van der Waals surface area contributed by atoms with Crippen molar-refractivity contribution in [2.75, 3.05) is 6.61 Å². The minimum Gasteiger partial charge on any atom is -0.395 e. The molecule has 0 bridgehead atoms. The van der Waals surface area contributed by atoms with Crippen molar-refractivity contribution in [2.45, 2.75) is 13.0 Å². The van der Waals surface area contributed by atoms with Crippen LogP contribution in [0.2, 0.25) is 0 Å². The largest absolute Gasteiger partial charge is 0.395 e. The third-order valence-corrected chi connectivity index (χ3v) is 5.76. The molecule has 6 aromatic rings. The highest BCUT2D eigenvalue weighted by molar-refractivity contribution is 5.85. The van der Waals surface area contributed by atoms with E-state index < -0.39 is 0 Å². The van der Waals surface area contributed by atoms with Gasteiger partial charge in [0.15, 0.2) is 11.5 Å². The molecule has 156 valence electrons. The van der Waals surface area contributed by atoms with Crippen LogP contribution in [0.1, 0.15) is 11.4 Å². The Morgan fingerprint density at radius 2 is 1.84 bits per heavy atom. The topological polar surface area (TPSA) is 81.1 Å². The molecule has 0 fully saturated rings. The summed E-state index contributed by atoms with van der Waals surface area (Å²) in [6.07, 6.45) is 4.43. The van der Waals surface area contributed by atoms with Crippen LogP contribution in [-0.2, 0) is 13.0 Å². The Labute approximate surface area is 183 Å². The summed E-state index contributed by atoms with van der Waals surface area (Å²) in [4.78, 5) is 4.39. The number of aliphatic hydroxyl groups excluding tert-OH is 1. The zero-order valence-electron chi connectivity index (χ0n) is 17.3. The van der Waals surface area contributed by atoms with Crippen LogP contribution in [0.4, 0.5) is 0 Å². The standard InChI is InChI=1S/C25H20N6O/c32-13-12-30-11-9-20-16-19(4-7-23(20)30)22-6-8-24-27-28-25(31(24)29-22)15-17-3-5-21-18(14-17)2-1-10-26-21/h1-11,14,16,32H,12-13,15H2. The molecule has 0 spiro atoms. The smallest absolute Gasteiger partial charge is 0.177 e. The highest BCUT2D eigenvalue weighted by Crippen LogP contribution is 2.25. The summed E-state index contributed by atoms with van der Waals surface area (Å²) in [6, 6.07) is 22.5. The normalized spacial score (nSPS) is 11.7. The average molecular weight is 420 g/mol. The number of aromatic nitrogens is 6. The van der Waals surface area contributed by atoms with E-state index in [2.05, 4.69) is 57.6 Å². The fraction of sp³-hybridized carbons (Fsp3) is 0.120. The third-order valence-electron chi connectivity index (χ3n) is 5.76. The zero-order chi connectivity index (χ0) is 21.5. The number of pyridine rings is 1. The van der Waals surface area contributed by atoms with Crippen LogP contribution in [0.15, 0.2) is 79.1 Å². The van der Waals surface area contributed by atoms with Crippen molar-refractivity contribution in [1.82, 2.24) is 29.4 Å². The van der Waals surface area contributed by atoms with Gasteiger partial charge in [-0.1, -0.05) is 18.2 Å². The second-order valence-electron chi connectivity index (χ2n) is 7.82. The monoisotopic (exact) mass is 420 g/mol. The number of rotatable bonds is 5. The third kappa shape index (κ3) is 3.19. The molecule has 0 amide bonds. The number of aliphatic hydroxyl groups is 1. The fourth-order valence-corrected chi connectivity index (χ4v) is 4.18. The van der Waals surface area contributed by atoms with E-state index in [-0.39, 0.29) is 6.61 Å². The fourth-order valence-electron chi connectivity index (χ4n) is 4.18. The number of fused-ring (bicyclic) bond motifs is 3. The van der Waals surface area contributed by atoms with Gasteiger partial charge in [0.05, 0.1) is 17.8 Å². The second kappa shape index (κ2) is 7.55. The first-order valence-corrected chi connectivity index (χ1v) is 10.5. The molecular formula is C25H20N6O. The van der Waals surface area contributed by atoms with Gasteiger partial charge in [0.1, 0.15) is 0 Å². The Kier molecular flexibility index (Phi) is 4.40. The first kappa shape index (κ1) is 18.7. The number of hydrogen-bond acceptors (Lipinski definition) is 5. The predicted octanol–water partition coefficient (Wildman–Crippen LogP) is 3.88. The molecule has 0 aliphatic rings. The van der Waals surface area contributed by atoms with E-state index in [1.165, 1.54) is 0 Å². The van der Waals surface area contributed by atoms with Crippen molar-refractivity contribution in [3.63, 3.8) is 0 Å². The first-order chi connectivity index (χ1) is 15.8. The van der Waals surface area contributed by atoms with Crippen molar-refractivity contribution in [1.29, 1.82) is 0 Å². The number of nitrogens with zero attached hydrogens (tertiary/aromatic N) is 6. The second-order valence-corrected chi connectivity index (χ2v) is 7.82. The average Bonchev–Trinajstić information content (AvgIpc) is 3.42. The summed E-state index contributed by atoms with van der Waals surface area (Å²) in [5.41, 5.74) is 5.82. The summed E-state index contributed by atoms with van der Waals surface area (Å²) in [5, 5.41) is 25.0. The number of benzene rings is 2. The number of hydrogen-bond donors (Lipinski definition) is 1. The minimum atomic E-state index is 0.119. The summed E-state index contributed by atoms with van der Waals surface area (Å²) >= 11 is 0. The van der Waals surface area contributed by atoms with Crippen LogP contribution in [0.25, 0.3) is 38.7 Å². The maximum absolute atomic E-state index is 9.25. The van der Waals surface area contributed by atoms with Gasteiger partial charge in [-0.05, 0) is 54.1 Å². The highest BCUT2D eigenvalue weighted by Gasteiger charge is 2.11. The lowest BCUT2D eigenvalue weighted by atomic mass is 10.1. The first-order valence-electron chi connectivity index (χ1n) is 10.5. The molecule has 0 radical (unpaired) electrons. The van der Waals surface area contributed by atoms with Gasteiger partial charge in [-0.3, -0.25) is 4.98 Å². The lowest BCUT2D eigenvalue weighted by Gasteiger charge is -2.06. The summed E-state index contributed by atoms with van der Waals surface area (Å²) < 4.78 is 3.87. The lowest BCUT2D eigenvalue weighted by Crippen LogP contribution is -2.02. The van der Waals surface area contributed by atoms with Crippen molar-refractivity contribution >= 4 is 27.5 Å². The molecule has 0 saturated heterocycles. The van der Waals surface area contributed by atoms with Gasteiger partial charge in [-0.15, -0.1) is 10.2 Å². The molecule has 4 heterocycles. The Balaban J connectivity index is 1.37. The van der Waals surface area contributed by atoms with Crippen LogP contribution >= 0.6 is 0 Å². The maximum atomic E-state index is 9.25. The molecule has 4 aromatic heterocycles. The van der Waals surface area contributed by atoms with Gasteiger partial charge in [-0.25, -0.2) is 0 Å². The minimum absolute atomic E-state index is 0.119. The van der Waals surface area contributed by atoms with Gasteiger partial charge in [0.2, 0.25) is 0 Å². The molecule has 0 unspecified atom stereocenters. The van der Waals surface area contributed by atoms with Gasteiger partial charge in [0, 0.05) is 47.2 Å². The van der Waals surface area contributed by atoms with Gasteiger partial charge in [-0.2, -0.15) is 9.61 Å². The van der Waals surface area contributed by atoms with E-state index in [0.29, 0.717) is 13.0 Å². The van der Waals surface area contributed by atoms with Crippen molar-refractivity contribution < 1.29 is 5.11 Å². The lowest BCUT2D eigenvalue weighted by molar-refractivity contribution is 0.278. The van der Waals surface area contributed by atoms with Crippen molar-refractivity contribution in [2.24, 2.45) is 0 Å². The predicted molar refractivity (Wildman–Crippen MR) is 123 cm³/mol. The summed E-state index contributed by atoms with van der Waals surface area (Å²) in [6.45, 7) is 0.704. The van der Waals surface area contributed by atoms with Crippen LogP contribution in [0.3, 0.4) is 0 Å². The van der Waals surface area contributed by atoms with Gasteiger partial charge < -0.3 is 9.67 Å². The highest BCUT2D eigenvalue weighted by atomic mass is 16.3. The van der Waals surface area contributed by atoms with Gasteiger partial charge in [0.25, 0.3) is 0 Å². The maximum Gasteiger partial charge on any atom is 0.177 e. The van der Waals surface area contributed by atoms with Crippen LogP contribution in [0.5, 0.6) is 0 Å². The Morgan fingerprint density at radius 1 is 0.875 bits per heavy atom. The van der Waals surface area contributed by atoms with Crippen LogP contribution in [-0.4, -0.2) is 41.1 Å². The molecule has 7 heteroatoms. The van der Waals surface area contributed by atoms with Gasteiger partial charge >= 0.3 is 0 Å². The molecule has 32 heavy (non-hydrogen) atoms. The van der Waals surface area contributed by atoms with Crippen molar-refractivity contribution in [3.05, 3.63) is 90.5 Å². The Hall–Kier alpha value is -4.10.